The molecule has 4 nitrogen and oxygen atoms in total. The lowest BCUT2D eigenvalue weighted by Gasteiger charge is -2.08. The van der Waals surface area contributed by atoms with Crippen LogP contribution in [0.4, 0.5) is 0 Å². The van der Waals surface area contributed by atoms with Crippen molar-refractivity contribution in [2.45, 2.75) is 39.2 Å². The molecule has 1 aromatic carbocycles. The van der Waals surface area contributed by atoms with Gasteiger partial charge in [-0.3, -0.25) is 9.48 Å². The molecular weight excluding hydrogens is 264 g/mol. The van der Waals surface area contributed by atoms with Crippen molar-refractivity contribution in [3.8, 4) is 5.75 Å². The zero-order chi connectivity index (χ0) is 14.8. The van der Waals surface area contributed by atoms with Gasteiger partial charge in [0.15, 0.2) is 5.78 Å². The molecule has 21 heavy (non-hydrogen) atoms. The topological polar surface area (TPSA) is 44.1 Å². The van der Waals surface area contributed by atoms with Gasteiger partial charge in [-0.15, -0.1) is 0 Å². The highest BCUT2D eigenvalue weighted by Gasteiger charge is 2.16. The first-order valence-electron chi connectivity index (χ1n) is 7.50. The number of fused-ring (bicyclic) bond motifs is 1. The van der Waals surface area contributed by atoms with Crippen LogP contribution in [0, 0.1) is 0 Å². The van der Waals surface area contributed by atoms with E-state index in [2.05, 4.69) is 18.9 Å². The first-order valence-corrected chi connectivity index (χ1v) is 7.50. The third-order valence-electron chi connectivity index (χ3n) is 4.06. The maximum Gasteiger partial charge on any atom is 0.168 e. The maximum atomic E-state index is 12.4. The minimum atomic E-state index is 0.110. The van der Waals surface area contributed by atoms with Crippen LogP contribution >= 0.6 is 0 Å². The molecule has 0 spiro atoms. The van der Waals surface area contributed by atoms with E-state index in [0.29, 0.717) is 19.1 Å². The average molecular weight is 284 g/mol. The molecule has 0 bridgehead atoms. The summed E-state index contributed by atoms with van der Waals surface area (Å²) in [6.07, 6.45) is 4.22. The molecule has 1 atom stereocenters. The number of ketones is 1. The van der Waals surface area contributed by atoms with Crippen molar-refractivity contribution in [2.24, 2.45) is 0 Å². The van der Waals surface area contributed by atoms with Gasteiger partial charge in [0, 0.05) is 24.2 Å². The summed E-state index contributed by atoms with van der Waals surface area (Å²) in [5.74, 6) is 1.02. The monoisotopic (exact) mass is 284 g/mol. The summed E-state index contributed by atoms with van der Waals surface area (Å²) in [6.45, 7) is 4.97. The Morgan fingerprint density at radius 2 is 2.29 bits per heavy atom. The molecule has 2 aromatic rings. The van der Waals surface area contributed by atoms with Crippen LogP contribution in [0.3, 0.4) is 0 Å². The number of carbonyl (C=O) groups is 1. The summed E-state index contributed by atoms with van der Waals surface area (Å²) in [4.78, 5) is 12.4. The van der Waals surface area contributed by atoms with Crippen molar-refractivity contribution >= 4 is 5.78 Å². The fraction of sp³-hybridized carbons (Fsp3) is 0.412. The Morgan fingerprint density at radius 1 is 1.43 bits per heavy atom. The lowest BCUT2D eigenvalue weighted by Crippen LogP contribution is -2.08. The number of nitrogens with zero attached hydrogens (tertiary/aromatic N) is 2. The number of hydrogen-bond acceptors (Lipinski definition) is 3. The molecule has 1 aliphatic heterocycles. The molecule has 0 N–H and O–H groups in total. The van der Waals surface area contributed by atoms with Crippen molar-refractivity contribution in [2.75, 3.05) is 6.61 Å². The lowest BCUT2D eigenvalue weighted by molar-refractivity contribution is 0.0991. The second-order valence-corrected chi connectivity index (χ2v) is 5.57. The van der Waals surface area contributed by atoms with E-state index in [1.165, 1.54) is 0 Å². The van der Waals surface area contributed by atoms with E-state index in [1.807, 2.05) is 35.1 Å². The van der Waals surface area contributed by atoms with Gasteiger partial charge in [0.05, 0.1) is 18.7 Å². The van der Waals surface area contributed by atoms with Crippen LogP contribution in [0.15, 0.2) is 30.5 Å². The first kappa shape index (κ1) is 13.9. The summed E-state index contributed by atoms with van der Waals surface area (Å²) >= 11 is 0. The van der Waals surface area contributed by atoms with Crippen LogP contribution < -0.4 is 4.74 Å². The Bertz CT molecular complexity index is 661. The van der Waals surface area contributed by atoms with Crippen LogP contribution in [-0.2, 0) is 12.8 Å². The maximum absolute atomic E-state index is 12.4. The minimum absolute atomic E-state index is 0.110. The number of rotatable bonds is 5. The zero-order valence-electron chi connectivity index (χ0n) is 12.5. The molecule has 2 heterocycles. The zero-order valence-corrected chi connectivity index (χ0v) is 12.5. The van der Waals surface area contributed by atoms with Crippen molar-refractivity contribution in [3.05, 3.63) is 47.3 Å². The smallest absolute Gasteiger partial charge is 0.168 e. The summed E-state index contributed by atoms with van der Waals surface area (Å²) in [5.41, 5.74) is 2.71. The largest absolute Gasteiger partial charge is 0.493 e. The number of aromatic nitrogens is 2. The van der Waals surface area contributed by atoms with Gasteiger partial charge in [0.25, 0.3) is 0 Å². The first-order chi connectivity index (χ1) is 10.2. The quantitative estimate of drug-likeness (QED) is 0.792. The van der Waals surface area contributed by atoms with Crippen LogP contribution in [0.2, 0.25) is 0 Å². The molecule has 1 aromatic heterocycles. The summed E-state index contributed by atoms with van der Waals surface area (Å²) in [6, 6.07) is 7.99. The number of carbonyl (C=O) groups excluding carboxylic acids is 1. The fourth-order valence-corrected chi connectivity index (χ4v) is 2.53. The normalized spacial score (nSPS) is 14.6. The highest BCUT2D eigenvalue weighted by Crippen LogP contribution is 2.26. The predicted molar refractivity (Wildman–Crippen MR) is 80.9 cm³/mol. The SMILES string of the molecule is CCC(C)n1ccc(CC(=O)c2ccc3c(c2)CCO3)n1. The van der Waals surface area contributed by atoms with Gasteiger partial charge >= 0.3 is 0 Å². The Kier molecular flexibility index (Phi) is 3.78. The van der Waals surface area contributed by atoms with E-state index in [-0.39, 0.29) is 5.78 Å². The fourth-order valence-electron chi connectivity index (χ4n) is 2.53. The molecule has 1 aliphatic rings. The van der Waals surface area contributed by atoms with Gasteiger partial charge in [0.1, 0.15) is 5.75 Å². The molecule has 0 fully saturated rings. The second kappa shape index (κ2) is 5.72. The number of benzene rings is 1. The molecular formula is C17H20N2O2. The van der Waals surface area contributed by atoms with Gasteiger partial charge in [-0.1, -0.05) is 6.92 Å². The molecule has 3 rings (SSSR count). The highest BCUT2D eigenvalue weighted by molar-refractivity contribution is 5.97. The third kappa shape index (κ3) is 2.84. The Hall–Kier alpha value is -2.10. The minimum Gasteiger partial charge on any atom is -0.493 e. The van der Waals surface area contributed by atoms with Gasteiger partial charge in [-0.25, -0.2) is 0 Å². The molecule has 0 amide bonds. The van der Waals surface area contributed by atoms with E-state index < -0.39 is 0 Å². The van der Waals surface area contributed by atoms with Gasteiger partial charge in [-0.05, 0) is 43.2 Å². The number of hydrogen-bond donors (Lipinski definition) is 0. The Morgan fingerprint density at radius 3 is 3.10 bits per heavy atom. The van der Waals surface area contributed by atoms with Crippen molar-refractivity contribution < 1.29 is 9.53 Å². The summed E-state index contributed by atoms with van der Waals surface area (Å²) < 4.78 is 7.40. The molecule has 4 heteroatoms. The standard InChI is InChI=1S/C17H20N2O2/c1-3-12(2)19-8-6-15(18-19)11-16(20)13-4-5-17-14(10-13)7-9-21-17/h4-6,8,10,12H,3,7,9,11H2,1-2H3. The molecule has 0 radical (unpaired) electrons. The van der Waals surface area contributed by atoms with Crippen LogP contribution in [0.25, 0.3) is 0 Å². The lowest BCUT2D eigenvalue weighted by atomic mass is 10.0. The van der Waals surface area contributed by atoms with Crippen molar-refractivity contribution in [1.29, 1.82) is 0 Å². The van der Waals surface area contributed by atoms with E-state index in [9.17, 15) is 4.79 Å². The Balaban J connectivity index is 1.73. The predicted octanol–water partition coefficient (Wildman–Crippen LogP) is 3.21. The van der Waals surface area contributed by atoms with Crippen molar-refractivity contribution in [3.63, 3.8) is 0 Å². The molecule has 0 saturated carbocycles. The van der Waals surface area contributed by atoms with Gasteiger partial charge in [-0.2, -0.15) is 5.10 Å². The molecule has 0 aliphatic carbocycles. The van der Waals surface area contributed by atoms with E-state index in [4.69, 9.17) is 4.74 Å². The van der Waals surface area contributed by atoms with Crippen LogP contribution in [0.1, 0.15) is 47.9 Å². The van der Waals surface area contributed by atoms with Crippen molar-refractivity contribution in [1.82, 2.24) is 9.78 Å². The average Bonchev–Trinajstić information content (AvgIpc) is 3.14. The molecule has 1 unspecified atom stereocenters. The summed E-state index contributed by atoms with van der Waals surface area (Å²) in [5, 5.41) is 4.49. The van der Waals surface area contributed by atoms with Crippen LogP contribution in [-0.4, -0.2) is 22.2 Å². The molecule has 0 saturated heterocycles. The van der Waals surface area contributed by atoms with E-state index in [1.54, 1.807) is 0 Å². The summed E-state index contributed by atoms with van der Waals surface area (Å²) in [7, 11) is 0. The van der Waals surface area contributed by atoms with E-state index in [0.717, 1.165) is 35.4 Å². The van der Waals surface area contributed by atoms with Gasteiger partial charge in [0.2, 0.25) is 0 Å². The highest BCUT2D eigenvalue weighted by atomic mass is 16.5. The number of Topliss-reactive ketones (excluding diaryl/α,β-unsaturated/α-hetero) is 1. The van der Waals surface area contributed by atoms with Gasteiger partial charge < -0.3 is 4.74 Å². The molecule has 110 valence electrons. The Labute approximate surface area is 124 Å². The van der Waals surface area contributed by atoms with Crippen LogP contribution in [0.5, 0.6) is 5.75 Å². The second-order valence-electron chi connectivity index (χ2n) is 5.57. The third-order valence-corrected chi connectivity index (χ3v) is 4.06. The van der Waals surface area contributed by atoms with E-state index >= 15 is 0 Å². The number of ether oxygens (including phenoxy) is 1.